The van der Waals surface area contributed by atoms with Gasteiger partial charge in [0, 0.05) is 15.1 Å². The number of hydrogen-bond donors (Lipinski definition) is 1. The van der Waals surface area contributed by atoms with Gasteiger partial charge in [-0.1, -0.05) is 22.0 Å². The van der Waals surface area contributed by atoms with Crippen molar-refractivity contribution in [3.8, 4) is 5.75 Å². The molecule has 2 aromatic carbocycles. The average molecular weight is 354 g/mol. The molecule has 0 fully saturated rings. The first-order valence-electron chi connectivity index (χ1n) is 6.08. The summed E-state index contributed by atoms with van der Waals surface area (Å²) in [6.45, 7) is 1.94. The van der Waals surface area contributed by atoms with Crippen molar-refractivity contribution in [3.05, 3.63) is 52.0 Å². The van der Waals surface area contributed by atoms with Crippen LogP contribution < -0.4 is 10.5 Å². The highest BCUT2D eigenvalue weighted by molar-refractivity contribution is 9.10. The first-order chi connectivity index (χ1) is 9.51. The predicted octanol–water partition coefficient (Wildman–Crippen LogP) is 3.66. The van der Waals surface area contributed by atoms with Crippen molar-refractivity contribution in [2.75, 3.05) is 12.8 Å². The van der Waals surface area contributed by atoms with E-state index in [1.54, 1.807) is 13.2 Å². The number of rotatable bonds is 4. The van der Waals surface area contributed by atoms with E-state index in [0.717, 1.165) is 26.2 Å². The lowest BCUT2D eigenvalue weighted by atomic mass is 10.2. The predicted molar refractivity (Wildman–Crippen MR) is 86.4 cm³/mol. The Morgan fingerprint density at radius 3 is 2.70 bits per heavy atom. The highest BCUT2D eigenvalue weighted by Crippen LogP contribution is 2.26. The summed E-state index contributed by atoms with van der Waals surface area (Å²) in [7, 11) is 0.475. The van der Waals surface area contributed by atoms with Crippen LogP contribution in [0.4, 0.5) is 5.69 Å². The van der Waals surface area contributed by atoms with Crippen molar-refractivity contribution in [1.29, 1.82) is 0 Å². The number of anilines is 1. The van der Waals surface area contributed by atoms with Crippen molar-refractivity contribution in [3.63, 3.8) is 0 Å². The van der Waals surface area contributed by atoms with Crippen LogP contribution in [0.5, 0.6) is 5.75 Å². The van der Waals surface area contributed by atoms with Crippen LogP contribution in [0.3, 0.4) is 0 Å². The summed E-state index contributed by atoms with van der Waals surface area (Å²) in [6, 6.07) is 11.1. The number of ether oxygens (including phenoxy) is 1. The summed E-state index contributed by atoms with van der Waals surface area (Å²) in [4.78, 5) is 0.778. The number of nitrogens with two attached hydrogens (primary N) is 1. The Kier molecular flexibility index (Phi) is 4.83. The van der Waals surface area contributed by atoms with Crippen molar-refractivity contribution >= 4 is 32.4 Å². The zero-order chi connectivity index (χ0) is 14.7. The van der Waals surface area contributed by atoms with Crippen LogP contribution in [-0.4, -0.2) is 11.3 Å². The van der Waals surface area contributed by atoms with Crippen molar-refractivity contribution < 1.29 is 8.95 Å². The van der Waals surface area contributed by atoms with Gasteiger partial charge >= 0.3 is 0 Å². The van der Waals surface area contributed by atoms with Crippen molar-refractivity contribution in [2.24, 2.45) is 0 Å². The zero-order valence-electron chi connectivity index (χ0n) is 11.4. The molecular formula is C15H16BrNO2S. The van der Waals surface area contributed by atoms with Gasteiger partial charge in [0.05, 0.1) is 23.7 Å². The normalized spacial score (nSPS) is 12.2. The Hall–Kier alpha value is -1.33. The van der Waals surface area contributed by atoms with Crippen LogP contribution in [0.2, 0.25) is 0 Å². The molecule has 0 bridgehead atoms. The molecule has 5 heteroatoms. The number of halogens is 1. The van der Waals surface area contributed by atoms with Gasteiger partial charge in [0.2, 0.25) is 0 Å². The fraction of sp³-hybridized carbons (Fsp3) is 0.200. The molecule has 0 aliphatic carbocycles. The van der Waals surface area contributed by atoms with Gasteiger partial charge in [0.1, 0.15) is 5.75 Å². The number of aryl methyl sites for hydroxylation is 1. The van der Waals surface area contributed by atoms with E-state index in [1.807, 2.05) is 37.3 Å². The third-order valence-corrected chi connectivity index (χ3v) is 5.27. The van der Waals surface area contributed by atoms with E-state index in [2.05, 4.69) is 15.9 Å². The summed E-state index contributed by atoms with van der Waals surface area (Å²) in [5.41, 5.74) is 8.33. The summed E-state index contributed by atoms with van der Waals surface area (Å²) in [5, 5.41) is 0. The minimum absolute atomic E-state index is 0.419. The standard InChI is InChI=1S/C15H16BrNO2S/c1-10-3-4-12(17)8-15(10)20(18)9-11-7-13(19-2)5-6-14(11)16/h3-8H,9,17H2,1-2H3. The smallest absolute Gasteiger partial charge is 0.119 e. The first kappa shape index (κ1) is 15.1. The molecule has 0 heterocycles. The van der Waals surface area contributed by atoms with Gasteiger partial charge in [-0.2, -0.15) is 0 Å². The minimum Gasteiger partial charge on any atom is -0.497 e. The van der Waals surface area contributed by atoms with Crippen LogP contribution in [0.15, 0.2) is 45.8 Å². The molecule has 0 saturated heterocycles. The Balaban J connectivity index is 2.30. The van der Waals surface area contributed by atoms with Gasteiger partial charge in [-0.05, 0) is 48.4 Å². The maximum absolute atomic E-state index is 12.5. The van der Waals surface area contributed by atoms with Gasteiger partial charge in [-0.15, -0.1) is 0 Å². The summed E-state index contributed by atoms with van der Waals surface area (Å²) in [6.07, 6.45) is 0. The minimum atomic E-state index is -1.14. The fourth-order valence-electron chi connectivity index (χ4n) is 1.87. The Bertz CT molecular complexity index is 658. The Morgan fingerprint density at radius 1 is 1.25 bits per heavy atom. The van der Waals surface area contributed by atoms with Crippen LogP contribution in [-0.2, 0) is 16.6 Å². The van der Waals surface area contributed by atoms with E-state index < -0.39 is 10.8 Å². The maximum atomic E-state index is 12.5. The molecule has 0 radical (unpaired) electrons. The first-order valence-corrected chi connectivity index (χ1v) is 8.19. The van der Waals surface area contributed by atoms with Crippen LogP contribution >= 0.6 is 15.9 Å². The van der Waals surface area contributed by atoms with E-state index in [9.17, 15) is 4.21 Å². The van der Waals surface area contributed by atoms with Crippen molar-refractivity contribution in [1.82, 2.24) is 0 Å². The van der Waals surface area contributed by atoms with E-state index >= 15 is 0 Å². The fourth-order valence-corrected chi connectivity index (χ4v) is 3.81. The lowest BCUT2D eigenvalue weighted by Gasteiger charge is -2.10. The third-order valence-electron chi connectivity index (χ3n) is 3.00. The average Bonchev–Trinajstić information content (AvgIpc) is 2.43. The second-order valence-electron chi connectivity index (χ2n) is 4.47. The molecule has 3 nitrogen and oxygen atoms in total. The molecule has 0 spiro atoms. The second kappa shape index (κ2) is 6.41. The van der Waals surface area contributed by atoms with E-state index in [-0.39, 0.29) is 0 Å². The molecule has 2 rings (SSSR count). The number of methoxy groups -OCH3 is 1. The van der Waals surface area contributed by atoms with E-state index in [1.165, 1.54) is 0 Å². The van der Waals surface area contributed by atoms with Gasteiger partial charge < -0.3 is 10.5 Å². The largest absolute Gasteiger partial charge is 0.497 e. The molecule has 0 amide bonds. The number of hydrogen-bond acceptors (Lipinski definition) is 3. The van der Waals surface area contributed by atoms with Crippen molar-refractivity contribution in [2.45, 2.75) is 17.6 Å². The highest BCUT2D eigenvalue weighted by atomic mass is 79.9. The van der Waals surface area contributed by atoms with E-state index in [4.69, 9.17) is 10.5 Å². The van der Waals surface area contributed by atoms with Gasteiger partial charge in [0.25, 0.3) is 0 Å². The molecule has 0 aliphatic rings. The number of benzene rings is 2. The molecule has 1 unspecified atom stereocenters. The lowest BCUT2D eigenvalue weighted by molar-refractivity contribution is 0.414. The Labute approximate surface area is 129 Å². The molecule has 2 aromatic rings. The number of nitrogen functional groups attached to an aromatic ring is 1. The van der Waals surface area contributed by atoms with Gasteiger partial charge in [-0.3, -0.25) is 4.21 Å². The zero-order valence-corrected chi connectivity index (χ0v) is 13.8. The molecule has 0 aliphatic heterocycles. The molecule has 0 saturated carbocycles. The second-order valence-corrected chi connectivity index (χ2v) is 6.75. The molecular weight excluding hydrogens is 338 g/mol. The molecule has 2 N–H and O–H groups in total. The third kappa shape index (κ3) is 3.41. The van der Waals surface area contributed by atoms with Crippen LogP contribution in [0.25, 0.3) is 0 Å². The summed E-state index contributed by atoms with van der Waals surface area (Å²) >= 11 is 3.48. The van der Waals surface area contributed by atoms with Crippen LogP contribution in [0, 0.1) is 6.92 Å². The maximum Gasteiger partial charge on any atom is 0.119 e. The lowest BCUT2D eigenvalue weighted by Crippen LogP contribution is -2.01. The summed E-state index contributed by atoms with van der Waals surface area (Å²) < 4.78 is 18.7. The molecule has 0 aromatic heterocycles. The monoisotopic (exact) mass is 353 g/mol. The van der Waals surface area contributed by atoms with Crippen LogP contribution in [0.1, 0.15) is 11.1 Å². The molecule has 106 valence electrons. The highest BCUT2D eigenvalue weighted by Gasteiger charge is 2.11. The quantitative estimate of drug-likeness (QED) is 0.853. The summed E-state index contributed by atoms with van der Waals surface area (Å²) in [5.74, 6) is 1.17. The topological polar surface area (TPSA) is 52.3 Å². The Morgan fingerprint density at radius 2 is 2.00 bits per heavy atom. The van der Waals surface area contributed by atoms with E-state index in [0.29, 0.717) is 11.4 Å². The van der Waals surface area contributed by atoms with Gasteiger partial charge in [0.15, 0.2) is 0 Å². The molecule has 20 heavy (non-hydrogen) atoms. The molecule has 1 atom stereocenters. The van der Waals surface area contributed by atoms with Gasteiger partial charge in [-0.25, -0.2) is 0 Å². The SMILES string of the molecule is COc1ccc(Br)c(CS(=O)c2cc(N)ccc2C)c1.